The summed E-state index contributed by atoms with van der Waals surface area (Å²) in [4.78, 5) is 11.6. The average molecular weight is 300 g/mol. The SMILES string of the molecule is CC(OCCCC(=O)Nc1ccc(C#N)cc1)C(F)(F)F. The monoisotopic (exact) mass is 300 g/mol. The maximum atomic E-state index is 12.2. The molecular formula is C14H15F3N2O2. The van der Waals surface area contributed by atoms with Gasteiger partial charge in [0.2, 0.25) is 5.91 Å². The fourth-order valence-electron chi connectivity index (χ4n) is 1.44. The van der Waals surface area contributed by atoms with E-state index in [1.165, 1.54) is 0 Å². The summed E-state index contributed by atoms with van der Waals surface area (Å²) in [5.41, 5.74) is 1.01. The fraction of sp³-hybridized carbons (Fsp3) is 0.429. The molecule has 0 spiro atoms. The van der Waals surface area contributed by atoms with Crippen LogP contribution in [0.3, 0.4) is 0 Å². The second-order valence-corrected chi connectivity index (χ2v) is 4.40. The van der Waals surface area contributed by atoms with Crippen molar-refractivity contribution in [2.75, 3.05) is 11.9 Å². The van der Waals surface area contributed by atoms with Crippen LogP contribution >= 0.6 is 0 Å². The predicted octanol–water partition coefficient (Wildman–Crippen LogP) is 3.24. The van der Waals surface area contributed by atoms with Gasteiger partial charge in [0.15, 0.2) is 6.10 Å². The number of nitriles is 1. The van der Waals surface area contributed by atoms with Crippen LogP contribution in [0.4, 0.5) is 18.9 Å². The van der Waals surface area contributed by atoms with Crippen molar-refractivity contribution in [2.24, 2.45) is 0 Å². The fourth-order valence-corrected chi connectivity index (χ4v) is 1.44. The second kappa shape index (κ2) is 7.64. The van der Waals surface area contributed by atoms with Crippen LogP contribution in [0, 0.1) is 11.3 Å². The van der Waals surface area contributed by atoms with Gasteiger partial charge < -0.3 is 10.1 Å². The summed E-state index contributed by atoms with van der Waals surface area (Å²) in [5, 5.41) is 11.2. The van der Waals surface area contributed by atoms with Gasteiger partial charge in [-0.25, -0.2) is 0 Å². The molecule has 0 radical (unpaired) electrons. The quantitative estimate of drug-likeness (QED) is 0.820. The molecule has 1 aromatic rings. The third-order valence-corrected chi connectivity index (χ3v) is 2.67. The minimum atomic E-state index is -4.38. The van der Waals surface area contributed by atoms with Crippen LogP contribution in [0.1, 0.15) is 25.3 Å². The van der Waals surface area contributed by atoms with Crippen molar-refractivity contribution in [2.45, 2.75) is 32.0 Å². The predicted molar refractivity (Wildman–Crippen MR) is 70.5 cm³/mol. The number of nitrogens with one attached hydrogen (secondary N) is 1. The molecule has 0 aromatic heterocycles. The van der Waals surface area contributed by atoms with Gasteiger partial charge in [0.1, 0.15) is 0 Å². The standard InChI is InChI=1S/C14H15F3N2O2/c1-10(14(15,16)17)21-8-2-3-13(20)19-12-6-4-11(9-18)5-7-12/h4-7,10H,2-3,8H2,1H3,(H,19,20). The summed E-state index contributed by atoms with van der Waals surface area (Å²) in [7, 11) is 0. The van der Waals surface area contributed by atoms with Crippen LogP contribution in [-0.2, 0) is 9.53 Å². The van der Waals surface area contributed by atoms with Gasteiger partial charge in [-0.05, 0) is 37.6 Å². The van der Waals surface area contributed by atoms with Crippen LogP contribution < -0.4 is 5.32 Å². The van der Waals surface area contributed by atoms with Gasteiger partial charge in [-0.3, -0.25) is 4.79 Å². The van der Waals surface area contributed by atoms with Crippen LogP contribution in [0.2, 0.25) is 0 Å². The normalized spacial score (nSPS) is 12.5. The maximum absolute atomic E-state index is 12.2. The average Bonchev–Trinajstić information content (AvgIpc) is 2.43. The number of ether oxygens (including phenoxy) is 1. The first-order valence-electron chi connectivity index (χ1n) is 6.31. The summed E-state index contributed by atoms with van der Waals surface area (Å²) in [6, 6.07) is 8.23. The molecule has 1 N–H and O–H groups in total. The molecule has 1 unspecified atom stereocenters. The van der Waals surface area contributed by atoms with Crippen LogP contribution in [0.25, 0.3) is 0 Å². The Kier molecular flexibility index (Phi) is 6.18. The van der Waals surface area contributed by atoms with Crippen LogP contribution in [0.5, 0.6) is 0 Å². The van der Waals surface area contributed by atoms with E-state index in [1.54, 1.807) is 24.3 Å². The van der Waals surface area contributed by atoms with Crippen molar-refractivity contribution in [1.82, 2.24) is 0 Å². The number of halogens is 3. The Morgan fingerprint density at radius 1 is 1.38 bits per heavy atom. The van der Waals surface area contributed by atoms with E-state index in [2.05, 4.69) is 10.1 Å². The molecule has 4 nitrogen and oxygen atoms in total. The first-order valence-corrected chi connectivity index (χ1v) is 6.31. The zero-order valence-corrected chi connectivity index (χ0v) is 11.4. The highest BCUT2D eigenvalue weighted by Gasteiger charge is 2.36. The molecule has 0 aliphatic heterocycles. The lowest BCUT2D eigenvalue weighted by molar-refractivity contribution is -0.214. The van der Waals surface area contributed by atoms with E-state index in [9.17, 15) is 18.0 Å². The highest BCUT2D eigenvalue weighted by Crippen LogP contribution is 2.22. The molecule has 0 saturated carbocycles. The first-order chi connectivity index (χ1) is 9.82. The molecular weight excluding hydrogens is 285 g/mol. The zero-order valence-electron chi connectivity index (χ0n) is 11.4. The smallest absolute Gasteiger partial charge is 0.369 e. The van der Waals surface area contributed by atoms with Crippen molar-refractivity contribution in [1.29, 1.82) is 5.26 Å². The molecule has 7 heteroatoms. The number of anilines is 1. The Labute approximate surface area is 120 Å². The highest BCUT2D eigenvalue weighted by molar-refractivity contribution is 5.90. The largest absolute Gasteiger partial charge is 0.414 e. The first kappa shape index (κ1) is 17.0. The van der Waals surface area contributed by atoms with Gasteiger partial charge in [0.05, 0.1) is 11.6 Å². The molecule has 0 heterocycles. The lowest BCUT2D eigenvalue weighted by Gasteiger charge is -2.16. The van der Waals surface area contributed by atoms with E-state index in [0.29, 0.717) is 11.3 Å². The number of hydrogen-bond donors (Lipinski definition) is 1. The van der Waals surface area contributed by atoms with E-state index in [-0.39, 0.29) is 25.4 Å². The van der Waals surface area contributed by atoms with Gasteiger partial charge in [0.25, 0.3) is 0 Å². The highest BCUT2D eigenvalue weighted by atomic mass is 19.4. The molecule has 0 bridgehead atoms. The van der Waals surface area contributed by atoms with Gasteiger partial charge in [-0.1, -0.05) is 0 Å². The Balaban J connectivity index is 2.27. The van der Waals surface area contributed by atoms with Crippen molar-refractivity contribution < 1.29 is 22.7 Å². The Morgan fingerprint density at radius 2 is 2.00 bits per heavy atom. The van der Waals surface area contributed by atoms with Crippen LogP contribution in [0.15, 0.2) is 24.3 Å². The minimum absolute atomic E-state index is 0.0601. The van der Waals surface area contributed by atoms with Crippen LogP contribution in [-0.4, -0.2) is 24.8 Å². The van der Waals surface area contributed by atoms with E-state index >= 15 is 0 Å². The number of nitrogens with zero attached hydrogens (tertiary/aromatic N) is 1. The number of rotatable bonds is 6. The molecule has 0 saturated heterocycles. The summed E-state index contributed by atoms with van der Waals surface area (Å²) in [6.45, 7) is 0.790. The molecule has 21 heavy (non-hydrogen) atoms. The molecule has 1 aromatic carbocycles. The molecule has 0 aliphatic rings. The molecule has 1 rings (SSSR count). The summed E-state index contributed by atoms with van der Waals surface area (Å²) in [6.07, 6.45) is -5.96. The topological polar surface area (TPSA) is 62.1 Å². The van der Waals surface area contributed by atoms with Gasteiger partial charge >= 0.3 is 6.18 Å². The number of carbonyl (C=O) groups is 1. The van der Waals surface area contributed by atoms with Gasteiger partial charge in [-0.15, -0.1) is 0 Å². The lowest BCUT2D eigenvalue weighted by Crippen LogP contribution is -2.29. The third kappa shape index (κ3) is 6.27. The van der Waals surface area contributed by atoms with E-state index < -0.39 is 12.3 Å². The Morgan fingerprint density at radius 3 is 2.52 bits per heavy atom. The van der Waals surface area contributed by atoms with Gasteiger partial charge in [-0.2, -0.15) is 18.4 Å². The molecule has 1 amide bonds. The maximum Gasteiger partial charge on any atom is 0.414 e. The molecule has 114 valence electrons. The van der Waals surface area contributed by atoms with E-state index in [1.807, 2.05) is 6.07 Å². The molecule has 0 fully saturated rings. The van der Waals surface area contributed by atoms with Crippen molar-refractivity contribution in [3.63, 3.8) is 0 Å². The number of hydrogen-bond acceptors (Lipinski definition) is 3. The lowest BCUT2D eigenvalue weighted by atomic mass is 10.2. The summed E-state index contributed by atoms with van der Waals surface area (Å²) in [5.74, 6) is -0.317. The summed E-state index contributed by atoms with van der Waals surface area (Å²) < 4.78 is 41.1. The second-order valence-electron chi connectivity index (χ2n) is 4.40. The van der Waals surface area contributed by atoms with Gasteiger partial charge in [0, 0.05) is 18.7 Å². The third-order valence-electron chi connectivity index (χ3n) is 2.67. The number of amides is 1. The molecule has 0 aliphatic carbocycles. The van der Waals surface area contributed by atoms with E-state index in [0.717, 1.165) is 6.92 Å². The summed E-state index contributed by atoms with van der Waals surface area (Å²) >= 11 is 0. The van der Waals surface area contributed by atoms with Crippen molar-refractivity contribution in [3.05, 3.63) is 29.8 Å². The Hall–Kier alpha value is -2.07. The zero-order chi connectivity index (χ0) is 15.9. The van der Waals surface area contributed by atoms with Crippen molar-refractivity contribution in [3.8, 4) is 6.07 Å². The number of benzene rings is 1. The van der Waals surface area contributed by atoms with E-state index in [4.69, 9.17) is 5.26 Å². The minimum Gasteiger partial charge on any atom is -0.369 e. The number of carbonyl (C=O) groups excluding carboxylic acids is 1. The number of alkyl halides is 3. The Bertz CT molecular complexity index is 506. The molecule has 1 atom stereocenters. The van der Waals surface area contributed by atoms with Crippen molar-refractivity contribution >= 4 is 11.6 Å².